The van der Waals surface area contributed by atoms with E-state index in [1.165, 1.54) is 34.9 Å². The topological polar surface area (TPSA) is 183 Å². The maximum Gasteiger partial charge on any atom is 0.269 e. The summed E-state index contributed by atoms with van der Waals surface area (Å²) in [5.74, 6) is -2.08. The molecule has 5 rings (SSSR count). The molecular formula is C35H42N4O9Si. The minimum Gasteiger partial charge on any atom is -0.432 e. The molecule has 0 radical (unpaired) electrons. The highest BCUT2D eigenvalue weighted by atomic mass is 28.4. The van der Waals surface area contributed by atoms with Gasteiger partial charge in [0, 0.05) is 47.9 Å². The van der Waals surface area contributed by atoms with Crippen molar-refractivity contribution in [1.82, 2.24) is 4.90 Å². The molecule has 0 aromatic heterocycles. The normalized spacial score (nSPS) is 22.2. The van der Waals surface area contributed by atoms with Gasteiger partial charge in [0.25, 0.3) is 17.5 Å². The molecule has 0 bridgehead atoms. The maximum atomic E-state index is 14.7. The summed E-state index contributed by atoms with van der Waals surface area (Å²) in [6.07, 6.45) is -2.31. The van der Waals surface area contributed by atoms with Crippen LogP contribution in [0.5, 0.6) is 0 Å². The zero-order valence-corrected chi connectivity index (χ0v) is 28.9. The van der Waals surface area contributed by atoms with E-state index in [9.17, 15) is 39.5 Å². The molecule has 13 nitrogen and oxygen atoms in total. The lowest BCUT2D eigenvalue weighted by Gasteiger charge is -2.32. The molecule has 5 atom stereocenters. The number of hydrogen-bond donors (Lipinski definition) is 4. The lowest BCUT2D eigenvalue weighted by Crippen LogP contribution is -2.46. The monoisotopic (exact) mass is 690 g/mol. The molecule has 1 saturated heterocycles. The Morgan fingerprint density at radius 2 is 1.80 bits per heavy atom. The Labute approximate surface area is 285 Å². The molecule has 2 aliphatic rings. The summed E-state index contributed by atoms with van der Waals surface area (Å²) in [4.78, 5) is 66.7. The smallest absolute Gasteiger partial charge is 0.269 e. The van der Waals surface area contributed by atoms with Crippen LogP contribution in [0.4, 0.5) is 17.1 Å². The Bertz CT molecular complexity index is 1730. The molecule has 14 heteroatoms. The first-order chi connectivity index (χ1) is 23.2. The van der Waals surface area contributed by atoms with Crippen molar-refractivity contribution in [1.29, 1.82) is 0 Å². The largest absolute Gasteiger partial charge is 0.432 e. The van der Waals surface area contributed by atoms with Gasteiger partial charge < -0.3 is 34.9 Å². The van der Waals surface area contributed by atoms with Crippen LogP contribution >= 0.6 is 0 Å². The second-order valence-electron chi connectivity index (χ2n) is 13.3. The minimum absolute atomic E-state index is 0.0232. The molecule has 0 saturated carbocycles. The standard InChI is InChI=1S/C35H42N4O9Si/c1-22-32(49(3,4)47)30(19-31(42)37(15-16-40)20-24-9-6-5-7-10-24)48-35(22)28-18-27(39(45)46)13-14-29(28)38(34(35)44)21-25-11-8-12-26(17-25)36-33(43)23(2)41/h5-14,17-18,22-23,30,32,40-41,47H,15-16,19-21H2,1-4H3,(H,36,43)/t22-,23-,30+,32-,35+/m0/s1. The molecule has 3 amide bonds. The molecule has 3 aromatic carbocycles. The number of nitro benzene ring substituents is 1. The van der Waals surface area contributed by atoms with Gasteiger partial charge in [-0.25, -0.2) is 0 Å². The fourth-order valence-corrected chi connectivity index (χ4v) is 9.78. The molecule has 4 N–H and O–H groups in total. The van der Waals surface area contributed by atoms with Gasteiger partial charge in [-0.1, -0.05) is 49.4 Å². The zero-order valence-electron chi connectivity index (χ0n) is 27.9. The number of non-ortho nitro benzene ring substituents is 1. The van der Waals surface area contributed by atoms with Crippen LogP contribution in [0.1, 0.15) is 37.0 Å². The number of ether oxygens (including phenoxy) is 1. The lowest BCUT2D eigenvalue weighted by molar-refractivity contribution is -0.385. The minimum atomic E-state index is -3.16. The molecule has 1 spiro atoms. The molecule has 1 fully saturated rings. The summed E-state index contributed by atoms with van der Waals surface area (Å²) in [5, 5.41) is 34.0. The third kappa shape index (κ3) is 7.14. The van der Waals surface area contributed by atoms with Gasteiger partial charge in [0.1, 0.15) is 6.10 Å². The Hall–Kier alpha value is -4.47. The fourth-order valence-electron chi connectivity index (χ4n) is 7.23. The van der Waals surface area contributed by atoms with Crippen LogP contribution in [0.25, 0.3) is 0 Å². The predicted molar refractivity (Wildman–Crippen MR) is 184 cm³/mol. The third-order valence-corrected chi connectivity index (χ3v) is 11.9. The number of nitro groups is 1. The summed E-state index contributed by atoms with van der Waals surface area (Å²) < 4.78 is 6.72. The summed E-state index contributed by atoms with van der Waals surface area (Å²) in [5.41, 5.74) is 0.00987. The lowest BCUT2D eigenvalue weighted by atomic mass is 9.82. The summed E-state index contributed by atoms with van der Waals surface area (Å²) in [6.45, 7) is 6.66. The van der Waals surface area contributed by atoms with Crippen molar-refractivity contribution in [2.45, 2.75) is 69.8 Å². The summed E-state index contributed by atoms with van der Waals surface area (Å²) in [7, 11) is -3.16. The Morgan fingerprint density at radius 3 is 2.43 bits per heavy atom. The van der Waals surface area contributed by atoms with Crippen LogP contribution in [-0.2, 0) is 37.8 Å². The van der Waals surface area contributed by atoms with Gasteiger partial charge in [0.15, 0.2) is 13.9 Å². The van der Waals surface area contributed by atoms with Crippen LogP contribution in [0.15, 0.2) is 72.8 Å². The molecule has 260 valence electrons. The summed E-state index contributed by atoms with van der Waals surface area (Å²) in [6, 6.07) is 20.3. The van der Waals surface area contributed by atoms with Crippen LogP contribution in [0, 0.1) is 16.0 Å². The van der Waals surface area contributed by atoms with Crippen molar-refractivity contribution in [2.24, 2.45) is 5.92 Å². The molecule has 2 heterocycles. The molecule has 49 heavy (non-hydrogen) atoms. The van der Waals surface area contributed by atoms with E-state index in [0.717, 1.165) is 5.56 Å². The van der Waals surface area contributed by atoms with Gasteiger partial charge >= 0.3 is 0 Å². The highest BCUT2D eigenvalue weighted by molar-refractivity contribution is 6.71. The Balaban J connectivity index is 1.52. The molecule has 0 unspecified atom stereocenters. The van der Waals surface area contributed by atoms with Crippen molar-refractivity contribution in [3.8, 4) is 0 Å². The van der Waals surface area contributed by atoms with E-state index >= 15 is 0 Å². The van der Waals surface area contributed by atoms with Crippen molar-refractivity contribution >= 4 is 43.1 Å². The number of fused-ring (bicyclic) bond motifs is 2. The van der Waals surface area contributed by atoms with E-state index in [1.807, 2.05) is 30.3 Å². The maximum absolute atomic E-state index is 14.7. The van der Waals surface area contributed by atoms with E-state index in [2.05, 4.69) is 5.32 Å². The highest BCUT2D eigenvalue weighted by Crippen LogP contribution is 2.60. The summed E-state index contributed by atoms with van der Waals surface area (Å²) >= 11 is 0. The molecule has 2 aliphatic heterocycles. The Kier molecular flexibility index (Phi) is 10.4. The van der Waals surface area contributed by atoms with E-state index in [0.29, 0.717) is 16.9 Å². The number of aliphatic hydroxyl groups excluding tert-OH is 2. The van der Waals surface area contributed by atoms with Gasteiger partial charge in [-0.2, -0.15) is 0 Å². The number of benzene rings is 3. The number of nitrogens with zero attached hydrogens (tertiary/aromatic N) is 3. The van der Waals surface area contributed by atoms with E-state index in [1.54, 1.807) is 44.3 Å². The van der Waals surface area contributed by atoms with Crippen LogP contribution in [0.3, 0.4) is 0 Å². The average Bonchev–Trinajstić information content (AvgIpc) is 3.47. The number of nitrogens with one attached hydrogen (secondary N) is 1. The SMILES string of the molecule is C[C@H](O)C(=O)Nc1cccc(CN2C(=O)[C@]3(O[C@H](CC(=O)N(CCO)Cc4ccccc4)[C@@H]([Si](C)(C)O)[C@@H]3C)c3cc([N+](=O)[O-])ccc32)c1. The van der Waals surface area contributed by atoms with Gasteiger partial charge in [0.2, 0.25) is 5.91 Å². The third-order valence-electron chi connectivity index (χ3n) is 9.41. The fraction of sp³-hybridized carbons (Fsp3) is 0.400. The number of aliphatic hydroxyl groups is 2. The highest BCUT2D eigenvalue weighted by Gasteiger charge is 2.66. The van der Waals surface area contributed by atoms with Gasteiger partial charge in [-0.15, -0.1) is 0 Å². The van der Waals surface area contributed by atoms with Gasteiger partial charge in [0.05, 0.1) is 36.3 Å². The first-order valence-electron chi connectivity index (χ1n) is 16.2. The van der Waals surface area contributed by atoms with Crippen molar-refractivity contribution in [2.75, 3.05) is 23.4 Å². The second kappa shape index (κ2) is 14.2. The molecule has 0 aliphatic carbocycles. The predicted octanol–water partition coefficient (Wildman–Crippen LogP) is 3.67. The first kappa shape index (κ1) is 35.8. The van der Waals surface area contributed by atoms with Gasteiger partial charge in [-0.05, 0) is 49.3 Å². The average molecular weight is 691 g/mol. The quantitative estimate of drug-likeness (QED) is 0.125. The van der Waals surface area contributed by atoms with Crippen molar-refractivity contribution < 1.29 is 39.1 Å². The Morgan fingerprint density at radius 1 is 1.10 bits per heavy atom. The number of hydrogen-bond acceptors (Lipinski definition) is 9. The number of carbonyl (C=O) groups excluding carboxylic acids is 3. The van der Waals surface area contributed by atoms with Crippen LogP contribution in [-0.4, -0.2) is 76.2 Å². The molecular weight excluding hydrogens is 648 g/mol. The van der Waals surface area contributed by atoms with Gasteiger partial charge in [-0.3, -0.25) is 24.5 Å². The molecule has 3 aromatic rings. The van der Waals surface area contributed by atoms with Crippen molar-refractivity contribution in [3.05, 3.63) is 99.6 Å². The number of carbonyl (C=O) groups is 3. The van der Waals surface area contributed by atoms with E-state index < -0.39 is 54.3 Å². The number of amides is 3. The zero-order chi connectivity index (χ0) is 35.7. The number of rotatable bonds is 12. The van der Waals surface area contributed by atoms with Crippen molar-refractivity contribution in [3.63, 3.8) is 0 Å². The number of anilines is 2. The first-order valence-corrected chi connectivity index (χ1v) is 19.2. The van der Waals surface area contributed by atoms with Crippen LogP contribution in [0.2, 0.25) is 18.6 Å². The second-order valence-corrected chi connectivity index (χ2v) is 17.3. The van der Waals surface area contributed by atoms with E-state index in [4.69, 9.17) is 4.74 Å². The van der Waals surface area contributed by atoms with E-state index in [-0.39, 0.29) is 49.8 Å². The van der Waals surface area contributed by atoms with Crippen LogP contribution < -0.4 is 10.2 Å².